The smallest absolute Gasteiger partial charge is 0.253 e. The van der Waals surface area contributed by atoms with Crippen molar-refractivity contribution >= 4 is 11.6 Å². The largest absolute Gasteiger partial charge is 0.368 e. The van der Waals surface area contributed by atoms with Crippen molar-refractivity contribution in [1.29, 1.82) is 0 Å². The number of anilines is 1. The molecule has 1 heterocycles. The summed E-state index contributed by atoms with van der Waals surface area (Å²) in [5, 5.41) is 2.55. The molecular weight excluding hydrogens is 209 g/mol. The topological polar surface area (TPSA) is 38.3 Å². The standard InChI is InChI=1S/C12H14FNO2/c1-8-4-5-9(13)10(7-8)14-12(15)11-3-2-6-16-11/h4-5,7,11H,2-3,6H2,1H3,(H,14,15)/t11-/m1/s1. The van der Waals surface area contributed by atoms with E-state index in [1.54, 1.807) is 12.1 Å². The van der Waals surface area contributed by atoms with Gasteiger partial charge >= 0.3 is 0 Å². The molecule has 1 N–H and O–H groups in total. The first-order valence-electron chi connectivity index (χ1n) is 5.35. The minimum atomic E-state index is -0.431. The fourth-order valence-electron chi connectivity index (χ4n) is 1.73. The summed E-state index contributed by atoms with van der Waals surface area (Å²) in [4.78, 5) is 11.7. The summed E-state index contributed by atoms with van der Waals surface area (Å²) in [6, 6.07) is 4.62. The third-order valence-corrected chi connectivity index (χ3v) is 2.60. The highest BCUT2D eigenvalue weighted by Crippen LogP contribution is 2.18. The molecule has 1 amide bonds. The van der Waals surface area contributed by atoms with Crippen LogP contribution in [-0.4, -0.2) is 18.6 Å². The van der Waals surface area contributed by atoms with Crippen molar-refractivity contribution < 1.29 is 13.9 Å². The van der Waals surface area contributed by atoms with Crippen molar-refractivity contribution in [2.75, 3.05) is 11.9 Å². The molecule has 1 aliphatic rings. The van der Waals surface area contributed by atoms with Crippen molar-refractivity contribution in [3.05, 3.63) is 29.6 Å². The molecular formula is C12H14FNO2. The van der Waals surface area contributed by atoms with Crippen molar-refractivity contribution in [3.8, 4) is 0 Å². The highest BCUT2D eigenvalue weighted by Gasteiger charge is 2.24. The average molecular weight is 223 g/mol. The quantitative estimate of drug-likeness (QED) is 0.835. The minimum Gasteiger partial charge on any atom is -0.368 e. The second kappa shape index (κ2) is 4.61. The van der Waals surface area contributed by atoms with E-state index in [9.17, 15) is 9.18 Å². The Morgan fingerprint density at radius 2 is 2.38 bits per heavy atom. The minimum absolute atomic E-state index is 0.223. The van der Waals surface area contributed by atoms with Crippen LogP contribution >= 0.6 is 0 Å². The van der Waals surface area contributed by atoms with E-state index in [-0.39, 0.29) is 11.6 Å². The third kappa shape index (κ3) is 2.39. The molecule has 0 aliphatic carbocycles. The number of nitrogens with one attached hydrogen (secondary N) is 1. The second-order valence-electron chi connectivity index (χ2n) is 3.97. The summed E-state index contributed by atoms with van der Waals surface area (Å²) >= 11 is 0. The molecule has 3 nitrogen and oxygen atoms in total. The molecule has 16 heavy (non-hydrogen) atoms. The molecule has 1 saturated heterocycles. The van der Waals surface area contributed by atoms with Crippen LogP contribution in [0.4, 0.5) is 10.1 Å². The van der Waals surface area contributed by atoms with E-state index < -0.39 is 11.9 Å². The number of carbonyl (C=O) groups is 1. The summed E-state index contributed by atoms with van der Waals surface area (Å²) in [6.45, 7) is 2.45. The van der Waals surface area contributed by atoms with Crippen LogP contribution in [0.3, 0.4) is 0 Å². The predicted octanol–water partition coefficient (Wildman–Crippen LogP) is 2.25. The molecule has 0 saturated carbocycles. The van der Waals surface area contributed by atoms with Crippen molar-refractivity contribution in [2.45, 2.75) is 25.9 Å². The Kier molecular flexibility index (Phi) is 3.19. The van der Waals surface area contributed by atoms with Gasteiger partial charge in [0.15, 0.2) is 0 Å². The van der Waals surface area contributed by atoms with Gasteiger partial charge in [-0.15, -0.1) is 0 Å². The molecule has 0 spiro atoms. The summed E-state index contributed by atoms with van der Waals surface area (Å²) in [7, 11) is 0. The van der Waals surface area contributed by atoms with Crippen LogP contribution < -0.4 is 5.32 Å². The van der Waals surface area contributed by atoms with E-state index in [0.717, 1.165) is 12.0 Å². The number of benzene rings is 1. The Morgan fingerprint density at radius 1 is 1.56 bits per heavy atom. The average Bonchev–Trinajstić information content (AvgIpc) is 2.76. The molecule has 2 rings (SSSR count). The maximum atomic E-state index is 13.4. The number of hydrogen-bond donors (Lipinski definition) is 1. The van der Waals surface area contributed by atoms with Gasteiger partial charge in [-0.3, -0.25) is 4.79 Å². The lowest BCUT2D eigenvalue weighted by Gasteiger charge is -2.11. The summed E-state index contributed by atoms with van der Waals surface area (Å²) in [6.07, 6.45) is 1.16. The molecule has 1 aromatic carbocycles. The molecule has 0 bridgehead atoms. The molecule has 4 heteroatoms. The van der Waals surface area contributed by atoms with Crippen molar-refractivity contribution in [1.82, 2.24) is 0 Å². The molecule has 0 unspecified atom stereocenters. The number of amides is 1. The van der Waals surface area contributed by atoms with Crippen molar-refractivity contribution in [3.63, 3.8) is 0 Å². The van der Waals surface area contributed by atoms with Gasteiger partial charge in [0.25, 0.3) is 5.91 Å². The van der Waals surface area contributed by atoms with E-state index in [1.807, 2.05) is 6.92 Å². The van der Waals surface area contributed by atoms with E-state index in [4.69, 9.17) is 4.74 Å². The molecule has 0 radical (unpaired) electrons. The van der Waals surface area contributed by atoms with Crippen LogP contribution in [0.2, 0.25) is 0 Å². The lowest BCUT2D eigenvalue weighted by molar-refractivity contribution is -0.124. The Labute approximate surface area is 93.6 Å². The van der Waals surface area contributed by atoms with Crippen LogP contribution in [-0.2, 0) is 9.53 Å². The van der Waals surface area contributed by atoms with Gasteiger partial charge in [-0.05, 0) is 37.5 Å². The molecule has 1 aromatic rings. The highest BCUT2D eigenvalue weighted by atomic mass is 19.1. The number of halogens is 1. The van der Waals surface area contributed by atoms with Gasteiger partial charge in [-0.1, -0.05) is 6.07 Å². The van der Waals surface area contributed by atoms with Crippen LogP contribution in [0, 0.1) is 12.7 Å². The SMILES string of the molecule is Cc1ccc(F)c(NC(=O)[C@H]2CCCO2)c1. The molecule has 0 aromatic heterocycles. The number of aryl methyl sites for hydroxylation is 1. The van der Waals surface area contributed by atoms with Crippen molar-refractivity contribution in [2.24, 2.45) is 0 Å². The number of hydrogen-bond acceptors (Lipinski definition) is 2. The van der Waals surface area contributed by atoms with Crippen LogP contribution in [0.25, 0.3) is 0 Å². The van der Waals surface area contributed by atoms with Crippen LogP contribution in [0.15, 0.2) is 18.2 Å². The van der Waals surface area contributed by atoms with Gasteiger partial charge in [0.2, 0.25) is 0 Å². The van der Waals surface area contributed by atoms with Gasteiger partial charge in [-0.25, -0.2) is 4.39 Å². The Hall–Kier alpha value is -1.42. The maximum Gasteiger partial charge on any atom is 0.253 e. The zero-order valence-electron chi connectivity index (χ0n) is 9.13. The monoisotopic (exact) mass is 223 g/mol. The predicted molar refractivity (Wildman–Crippen MR) is 58.7 cm³/mol. The molecule has 1 fully saturated rings. The zero-order valence-corrected chi connectivity index (χ0v) is 9.13. The first-order valence-corrected chi connectivity index (χ1v) is 5.35. The Balaban J connectivity index is 2.07. The highest BCUT2D eigenvalue weighted by molar-refractivity contribution is 5.94. The van der Waals surface area contributed by atoms with E-state index in [0.29, 0.717) is 13.0 Å². The first-order chi connectivity index (χ1) is 7.66. The lowest BCUT2D eigenvalue weighted by Crippen LogP contribution is -2.27. The van der Waals surface area contributed by atoms with Gasteiger partial charge < -0.3 is 10.1 Å². The van der Waals surface area contributed by atoms with E-state index in [2.05, 4.69) is 5.32 Å². The maximum absolute atomic E-state index is 13.4. The summed E-state index contributed by atoms with van der Waals surface area (Å²) < 4.78 is 18.6. The fraction of sp³-hybridized carbons (Fsp3) is 0.417. The van der Waals surface area contributed by atoms with Crippen LogP contribution in [0.1, 0.15) is 18.4 Å². The fourth-order valence-corrected chi connectivity index (χ4v) is 1.73. The molecule has 86 valence electrons. The molecule has 1 atom stereocenters. The summed E-state index contributed by atoms with van der Waals surface area (Å²) in [5.41, 5.74) is 1.13. The zero-order chi connectivity index (χ0) is 11.5. The van der Waals surface area contributed by atoms with Gasteiger partial charge in [0.05, 0.1) is 5.69 Å². The third-order valence-electron chi connectivity index (χ3n) is 2.60. The normalized spacial score (nSPS) is 19.8. The Bertz CT molecular complexity index is 400. The van der Waals surface area contributed by atoms with Gasteiger partial charge in [0, 0.05) is 6.61 Å². The lowest BCUT2D eigenvalue weighted by atomic mass is 10.2. The van der Waals surface area contributed by atoms with E-state index >= 15 is 0 Å². The van der Waals surface area contributed by atoms with Gasteiger partial charge in [-0.2, -0.15) is 0 Å². The number of carbonyl (C=O) groups excluding carboxylic acids is 1. The first kappa shape index (κ1) is 11.1. The Morgan fingerprint density at radius 3 is 3.06 bits per heavy atom. The van der Waals surface area contributed by atoms with Gasteiger partial charge in [0.1, 0.15) is 11.9 Å². The molecule has 1 aliphatic heterocycles. The second-order valence-corrected chi connectivity index (χ2v) is 3.97. The number of ether oxygens (including phenoxy) is 1. The number of rotatable bonds is 2. The van der Waals surface area contributed by atoms with Crippen LogP contribution in [0.5, 0.6) is 0 Å². The van der Waals surface area contributed by atoms with E-state index in [1.165, 1.54) is 6.07 Å². The summed E-state index contributed by atoms with van der Waals surface area (Å²) in [5.74, 6) is -0.682.